The van der Waals surface area contributed by atoms with Gasteiger partial charge in [-0.1, -0.05) is 19.1 Å². The van der Waals surface area contributed by atoms with Crippen molar-refractivity contribution in [1.29, 1.82) is 0 Å². The molecule has 0 spiro atoms. The molecule has 0 atom stereocenters. The molecule has 24 heavy (non-hydrogen) atoms. The molecule has 0 aliphatic heterocycles. The number of nitrogens with zero attached hydrogens (tertiary/aromatic N) is 2. The Bertz CT molecular complexity index is 757. The van der Waals surface area contributed by atoms with Crippen LogP contribution >= 0.6 is 15.9 Å². The lowest BCUT2D eigenvalue weighted by atomic mass is 10.1. The summed E-state index contributed by atoms with van der Waals surface area (Å²) in [5.74, 6) is 0.100. The van der Waals surface area contributed by atoms with Crippen molar-refractivity contribution < 1.29 is 13.2 Å². The van der Waals surface area contributed by atoms with Gasteiger partial charge in [0, 0.05) is 11.5 Å². The van der Waals surface area contributed by atoms with Gasteiger partial charge in [-0.25, -0.2) is 4.99 Å². The summed E-state index contributed by atoms with van der Waals surface area (Å²) in [5, 5.41) is 0. The van der Waals surface area contributed by atoms with E-state index < -0.39 is 11.7 Å². The lowest BCUT2D eigenvalue weighted by Crippen LogP contribution is -2.33. The number of hydrogen-bond donors (Lipinski definition) is 1. The fraction of sp³-hybridized carbons (Fsp3) is 0.235. The fourth-order valence-corrected chi connectivity index (χ4v) is 2.63. The lowest BCUT2D eigenvalue weighted by Gasteiger charge is -2.20. The minimum Gasteiger partial charge on any atom is -0.369 e. The first-order chi connectivity index (χ1) is 11.2. The van der Waals surface area contributed by atoms with Crippen molar-refractivity contribution >= 4 is 33.3 Å². The highest BCUT2D eigenvalue weighted by Gasteiger charge is 2.30. The number of rotatable bonds is 3. The molecule has 0 amide bonds. The van der Waals surface area contributed by atoms with Crippen LogP contribution in [-0.4, -0.2) is 13.0 Å². The molecule has 7 heteroatoms. The third-order valence-corrected chi connectivity index (χ3v) is 4.21. The minimum absolute atomic E-state index is 0.100. The van der Waals surface area contributed by atoms with Gasteiger partial charge in [-0.15, -0.1) is 0 Å². The Hall–Kier alpha value is -2.02. The molecule has 0 bridgehead atoms. The predicted molar refractivity (Wildman–Crippen MR) is 94.6 cm³/mol. The largest absolute Gasteiger partial charge is 0.416 e. The molecular formula is C17H17BrF3N3. The maximum atomic E-state index is 12.8. The molecule has 2 aromatic carbocycles. The molecular weight excluding hydrogens is 383 g/mol. The van der Waals surface area contributed by atoms with E-state index >= 15 is 0 Å². The minimum atomic E-state index is -4.41. The van der Waals surface area contributed by atoms with Crippen molar-refractivity contribution in [3.05, 3.63) is 58.1 Å². The number of aryl methyl sites for hydroxylation is 1. The number of alkyl halides is 3. The van der Waals surface area contributed by atoms with Gasteiger partial charge < -0.3 is 10.6 Å². The normalized spacial score (nSPS) is 12.3. The highest BCUT2D eigenvalue weighted by atomic mass is 79.9. The van der Waals surface area contributed by atoms with E-state index in [-0.39, 0.29) is 11.6 Å². The van der Waals surface area contributed by atoms with Gasteiger partial charge in [0.1, 0.15) is 0 Å². The zero-order valence-corrected chi connectivity index (χ0v) is 14.8. The Labute approximate surface area is 147 Å². The van der Waals surface area contributed by atoms with E-state index in [1.807, 2.05) is 25.1 Å². The number of halogens is 4. The van der Waals surface area contributed by atoms with Gasteiger partial charge in [-0.3, -0.25) is 0 Å². The molecule has 0 radical (unpaired) electrons. The maximum absolute atomic E-state index is 12.8. The third kappa shape index (κ3) is 4.29. The van der Waals surface area contributed by atoms with Crippen LogP contribution in [0.1, 0.15) is 18.1 Å². The van der Waals surface area contributed by atoms with Gasteiger partial charge in [0.15, 0.2) is 0 Å². The van der Waals surface area contributed by atoms with Crippen molar-refractivity contribution in [2.75, 3.05) is 11.9 Å². The Kier molecular flexibility index (Phi) is 5.54. The van der Waals surface area contributed by atoms with E-state index in [1.54, 1.807) is 11.9 Å². The summed E-state index contributed by atoms with van der Waals surface area (Å²) in [6, 6.07) is 10.6. The second kappa shape index (κ2) is 7.25. The van der Waals surface area contributed by atoms with E-state index in [4.69, 9.17) is 5.73 Å². The molecule has 0 aliphatic carbocycles. The van der Waals surface area contributed by atoms with E-state index in [2.05, 4.69) is 20.9 Å². The van der Waals surface area contributed by atoms with Gasteiger partial charge in [-0.2, -0.15) is 13.2 Å². The molecule has 128 valence electrons. The van der Waals surface area contributed by atoms with Crippen molar-refractivity contribution in [2.24, 2.45) is 10.7 Å². The summed E-state index contributed by atoms with van der Waals surface area (Å²) in [5.41, 5.74) is 7.28. The van der Waals surface area contributed by atoms with Crippen LogP contribution in [0.3, 0.4) is 0 Å². The highest BCUT2D eigenvalue weighted by Crippen LogP contribution is 2.32. The smallest absolute Gasteiger partial charge is 0.369 e. The Morgan fingerprint density at radius 2 is 1.92 bits per heavy atom. The number of guanidine groups is 1. The molecule has 0 aliphatic rings. The van der Waals surface area contributed by atoms with Crippen LogP contribution in [0.2, 0.25) is 0 Å². The first kappa shape index (κ1) is 18.3. The quantitative estimate of drug-likeness (QED) is 0.575. The van der Waals surface area contributed by atoms with E-state index in [0.29, 0.717) is 0 Å². The van der Waals surface area contributed by atoms with Crippen LogP contribution in [0.15, 0.2) is 51.9 Å². The SMILES string of the molecule is CCc1ccc(Br)c(N(C)C(N)=Nc2cccc(C(F)(F)F)c2)c1. The van der Waals surface area contributed by atoms with Crippen molar-refractivity contribution in [1.82, 2.24) is 0 Å². The number of hydrogen-bond acceptors (Lipinski definition) is 1. The third-order valence-electron chi connectivity index (χ3n) is 3.54. The summed E-state index contributed by atoms with van der Waals surface area (Å²) < 4.78 is 39.1. The Morgan fingerprint density at radius 3 is 2.54 bits per heavy atom. The average Bonchev–Trinajstić information content (AvgIpc) is 2.54. The molecule has 0 saturated carbocycles. The predicted octanol–water partition coefficient (Wildman–Crippen LogP) is 5.11. The van der Waals surface area contributed by atoms with Crippen LogP contribution in [0.5, 0.6) is 0 Å². The fourth-order valence-electron chi connectivity index (χ4n) is 2.12. The molecule has 2 rings (SSSR count). The zero-order valence-electron chi connectivity index (χ0n) is 13.2. The molecule has 0 unspecified atom stereocenters. The van der Waals surface area contributed by atoms with Gasteiger partial charge in [-0.05, 0) is 58.2 Å². The number of benzene rings is 2. The highest BCUT2D eigenvalue weighted by molar-refractivity contribution is 9.10. The standard InChI is InChI=1S/C17H17BrF3N3/c1-3-11-7-8-14(18)15(9-11)24(2)16(22)23-13-6-4-5-12(10-13)17(19,20)21/h4-10H,3H2,1-2H3,(H2,22,23). The van der Waals surface area contributed by atoms with E-state index in [9.17, 15) is 13.2 Å². The maximum Gasteiger partial charge on any atom is 0.416 e. The van der Waals surface area contributed by atoms with Gasteiger partial charge in [0.25, 0.3) is 0 Å². The molecule has 0 heterocycles. The topological polar surface area (TPSA) is 41.6 Å². The molecule has 2 N–H and O–H groups in total. The summed E-state index contributed by atoms with van der Waals surface area (Å²) in [4.78, 5) is 5.73. The van der Waals surface area contributed by atoms with Gasteiger partial charge in [0.05, 0.1) is 16.9 Å². The molecule has 0 aromatic heterocycles. The molecule has 0 fully saturated rings. The molecule has 0 saturated heterocycles. The van der Waals surface area contributed by atoms with Gasteiger partial charge >= 0.3 is 6.18 Å². The second-order valence-electron chi connectivity index (χ2n) is 5.22. The summed E-state index contributed by atoms with van der Waals surface area (Å²) in [7, 11) is 1.71. The molecule has 3 nitrogen and oxygen atoms in total. The average molecular weight is 400 g/mol. The number of anilines is 1. The summed E-state index contributed by atoms with van der Waals surface area (Å²) >= 11 is 3.45. The summed E-state index contributed by atoms with van der Waals surface area (Å²) in [6.07, 6.45) is -3.55. The monoisotopic (exact) mass is 399 g/mol. The molecule has 2 aromatic rings. The van der Waals surface area contributed by atoms with Crippen molar-refractivity contribution in [3.8, 4) is 0 Å². The second-order valence-corrected chi connectivity index (χ2v) is 6.07. The first-order valence-electron chi connectivity index (χ1n) is 7.26. The first-order valence-corrected chi connectivity index (χ1v) is 8.05. The van der Waals surface area contributed by atoms with Crippen molar-refractivity contribution in [2.45, 2.75) is 19.5 Å². The Morgan fingerprint density at radius 1 is 1.21 bits per heavy atom. The van der Waals surface area contributed by atoms with Crippen LogP contribution < -0.4 is 10.6 Å². The Balaban J connectivity index is 2.34. The van der Waals surface area contributed by atoms with E-state index in [0.717, 1.165) is 34.3 Å². The summed E-state index contributed by atoms with van der Waals surface area (Å²) in [6.45, 7) is 2.03. The van der Waals surface area contributed by atoms with Crippen LogP contribution in [-0.2, 0) is 12.6 Å². The zero-order chi connectivity index (χ0) is 17.9. The van der Waals surface area contributed by atoms with Gasteiger partial charge in [0.2, 0.25) is 5.96 Å². The van der Waals surface area contributed by atoms with E-state index in [1.165, 1.54) is 12.1 Å². The van der Waals surface area contributed by atoms with Crippen LogP contribution in [0.25, 0.3) is 0 Å². The van der Waals surface area contributed by atoms with Crippen LogP contribution in [0, 0.1) is 0 Å². The van der Waals surface area contributed by atoms with Crippen LogP contribution in [0.4, 0.5) is 24.5 Å². The van der Waals surface area contributed by atoms with Crippen molar-refractivity contribution in [3.63, 3.8) is 0 Å². The number of nitrogens with two attached hydrogens (primary N) is 1. The number of aliphatic imine (C=N–C) groups is 1. The lowest BCUT2D eigenvalue weighted by molar-refractivity contribution is -0.137.